The molecule has 1 aromatic carbocycles. The summed E-state index contributed by atoms with van der Waals surface area (Å²) in [6, 6.07) is 7.79. The molecule has 1 fully saturated rings. The molecule has 2 atom stereocenters. The Bertz CT molecular complexity index is 1050. The zero-order valence-electron chi connectivity index (χ0n) is 16.9. The predicted octanol–water partition coefficient (Wildman–Crippen LogP) is 3.13. The molecule has 0 aliphatic carbocycles. The van der Waals surface area contributed by atoms with Gasteiger partial charge < -0.3 is 14.2 Å². The van der Waals surface area contributed by atoms with Gasteiger partial charge in [0.05, 0.1) is 17.3 Å². The summed E-state index contributed by atoms with van der Waals surface area (Å²) in [5, 5.41) is 4.77. The van der Waals surface area contributed by atoms with E-state index in [1.807, 2.05) is 32.9 Å². The standard InChI is InChI=1S/C22H27N3O3/c1-13-5-6-14(2)22-21(13)19(26)9-17(23-22)11-25-10-16(20(12-25)27-4)8-18-7-15(3)24-28-18/h5-7,9,16,20H,8,10-12H2,1-4H3,(H,23,26)/t16-,20+/m1/s1. The molecule has 0 amide bonds. The number of rotatable bonds is 5. The Balaban J connectivity index is 1.54. The number of methoxy groups -OCH3 is 1. The van der Waals surface area contributed by atoms with Crippen LogP contribution < -0.4 is 5.43 Å². The lowest BCUT2D eigenvalue weighted by molar-refractivity contribution is 0.0761. The average Bonchev–Trinajstić information content (AvgIpc) is 3.23. The summed E-state index contributed by atoms with van der Waals surface area (Å²) in [7, 11) is 1.76. The summed E-state index contributed by atoms with van der Waals surface area (Å²) in [6.07, 6.45) is 0.948. The van der Waals surface area contributed by atoms with Gasteiger partial charge in [0.2, 0.25) is 0 Å². The maximum Gasteiger partial charge on any atom is 0.189 e. The first kappa shape index (κ1) is 18.9. The quantitative estimate of drug-likeness (QED) is 0.735. The van der Waals surface area contributed by atoms with Gasteiger partial charge in [-0.3, -0.25) is 9.69 Å². The molecular formula is C22H27N3O3. The van der Waals surface area contributed by atoms with Crippen LogP contribution in [0, 0.1) is 26.7 Å². The minimum absolute atomic E-state index is 0.0844. The highest BCUT2D eigenvalue weighted by atomic mass is 16.5. The van der Waals surface area contributed by atoms with E-state index in [0.29, 0.717) is 12.5 Å². The van der Waals surface area contributed by atoms with Gasteiger partial charge in [0.15, 0.2) is 5.43 Å². The van der Waals surface area contributed by atoms with Crippen molar-refractivity contribution in [1.82, 2.24) is 15.0 Å². The van der Waals surface area contributed by atoms with E-state index in [2.05, 4.69) is 21.1 Å². The molecule has 0 bridgehead atoms. The fraction of sp³-hybridized carbons (Fsp3) is 0.455. The van der Waals surface area contributed by atoms with E-state index in [4.69, 9.17) is 9.26 Å². The third-order valence-corrected chi connectivity index (χ3v) is 5.75. The first-order valence-electron chi connectivity index (χ1n) is 9.74. The molecule has 6 heteroatoms. The van der Waals surface area contributed by atoms with E-state index < -0.39 is 0 Å². The normalized spacial score (nSPS) is 20.3. The van der Waals surface area contributed by atoms with Gasteiger partial charge in [-0.05, 0) is 31.9 Å². The van der Waals surface area contributed by atoms with Gasteiger partial charge in [-0.1, -0.05) is 17.3 Å². The monoisotopic (exact) mass is 381 g/mol. The summed E-state index contributed by atoms with van der Waals surface area (Å²) in [4.78, 5) is 18.5. The van der Waals surface area contributed by atoms with E-state index in [1.54, 1.807) is 13.2 Å². The van der Waals surface area contributed by atoms with Crippen LogP contribution in [0.2, 0.25) is 0 Å². The van der Waals surface area contributed by atoms with E-state index in [1.165, 1.54) is 0 Å². The van der Waals surface area contributed by atoms with Crippen molar-refractivity contribution >= 4 is 10.9 Å². The Morgan fingerprint density at radius 1 is 1.21 bits per heavy atom. The van der Waals surface area contributed by atoms with Crippen molar-refractivity contribution < 1.29 is 9.26 Å². The number of benzene rings is 1. The smallest absolute Gasteiger partial charge is 0.189 e. The fourth-order valence-corrected chi connectivity index (χ4v) is 4.33. The van der Waals surface area contributed by atoms with E-state index in [-0.39, 0.29) is 11.5 Å². The maximum absolute atomic E-state index is 12.7. The number of fused-ring (bicyclic) bond motifs is 1. The van der Waals surface area contributed by atoms with Gasteiger partial charge in [-0.2, -0.15) is 0 Å². The molecule has 1 aliphatic rings. The van der Waals surface area contributed by atoms with Crippen LogP contribution in [-0.2, 0) is 17.7 Å². The molecule has 148 valence electrons. The van der Waals surface area contributed by atoms with Crippen LogP contribution in [-0.4, -0.2) is 41.3 Å². The predicted molar refractivity (Wildman–Crippen MR) is 109 cm³/mol. The summed E-state index contributed by atoms with van der Waals surface area (Å²) in [6.45, 7) is 8.38. The molecule has 0 saturated carbocycles. The third kappa shape index (κ3) is 3.62. The number of ether oxygens (including phenoxy) is 1. The topological polar surface area (TPSA) is 71.4 Å². The Hall–Kier alpha value is -2.44. The van der Waals surface area contributed by atoms with Gasteiger partial charge in [0.25, 0.3) is 0 Å². The minimum Gasteiger partial charge on any atom is -0.380 e. The van der Waals surface area contributed by atoms with Crippen molar-refractivity contribution in [3.05, 3.63) is 62.8 Å². The van der Waals surface area contributed by atoms with Gasteiger partial charge in [0, 0.05) is 62.3 Å². The molecule has 1 saturated heterocycles. The molecule has 1 N–H and O–H groups in total. The highest BCUT2D eigenvalue weighted by molar-refractivity contribution is 5.84. The van der Waals surface area contributed by atoms with Crippen molar-refractivity contribution in [2.45, 2.75) is 39.8 Å². The molecule has 0 radical (unpaired) electrons. The summed E-state index contributed by atoms with van der Waals surface area (Å²) >= 11 is 0. The lowest BCUT2D eigenvalue weighted by Crippen LogP contribution is -2.24. The summed E-state index contributed by atoms with van der Waals surface area (Å²) in [5.41, 5.74) is 4.97. The Morgan fingerprint density at radius 2 is 2.00 bits per heavy atom. The number of H-pyrrole nitrogens is 1. The molecule has 0 unspecified atom stereocenters. The second kappa shape index (κ2) is 7.53. The van der Waals surface area contributed by atoms with Crippen molar-refractivity contribution in [1.29, 1.82) is 0 Å². The van der Waals surface area contributed by atoms with Crippen LogP contribution in [0.4, 0.5) is 0 Å². The number of pyridine rings is 1. The first-order chi connectivity index (χ1) is 13.4. The number of hydrogen-bond acceptors (Lipinski definition) is 5. The van der Waals surface area contributed by atoms with Crippen molar-refractivity contribution in [2.75, 3.05) is 20.2 Å². The van der Waals surface area contributed by atoms with Crippen LogP contribution in [0.15, 0.2) is 33.6 Å². The molecule has 4 rings (SSSR count). The number of aromatic nitrogens is 2. The number of aromatic amines is 1. The van der Waals surface area contributed by atoms with Gasteiger partial charge in [-0.25, -0.2) is 0 Å². The summed E-state index contributed by atoms with van der Waals surface area (Å²) in [5.74, 6) is 1.24. The fourth-order valence-electron chi connectivity index (χ4n) is 4.33. The molecule has 28 heavy (non-hydrogen) atoms. The highest BCUT2D eigenvalue weighted by Crippen LogP contribution is 2.25. The van der Waals surface area contributed by atoms with Crippen LogP contribution in [0.5, 0.6) is 0 Å². The number of nitrogens with one attached hydrogen (secondary N) is 1. The van der Waals surface area contributed by atoms with E-state index in [0.717, 1.165) is 58.7 Å². The number of likely N-dealkylation sites (tertiary alicyclic amines) is 1. The number of nitrogens with zero attached hydrogens (tertiary/aromatic N) is 2. The van der Waals surface area contributed by atoms with Crippen LogP contribution in [0.3, 0.4) is 0 Å². The second-order valence-corrected chi connectivity index (χ2v) is 7.98. The molecule has 1 aliphatic heterocycles. The lowest BCUT2D eigenvalue weighted by Gasteiger charge is -2.16. The SMILES string of the molecule is CO[C@H]1CN(Cc2cc(=O)c3c(C)ccc(C)c3[nH]2)C[C@H]1Cc1cc(C)no1. The molecule has 3 heterocycles. The van der Waals surface area contributed by atoms with Crippen LogP contribution in [0.1, 0.15) is 28.3 Å². The first-order valence-corrected chi connectivity index (χ1v) is 9.74. The second-order valence-electron chi connectivity index (χ2n) is 7.98. The maximum atomic E-state index is 12.7. The lowest BCUT2D eigenvalue weighted by atomic mass is 10.0. The number of aryl methyl sites for hydroxylation is 3. The highest BCUT2D eigenvalue weighted by Gasteiger charge is 2.33. The van der Waals surface area contributed by atoms with E-state index >= 15 is 0 Å². The minimum atomic E-state index is 0.0844. The number of hydrogen-bond donors (Lipinski definition) is 1. The Labute approximate surface area is 164 Å². The molecule has 3 aromatic rings. The third-order valence-electron chi connectivity index (χ3n) is 5.75. The molecule has 0 spiro atoms. The van der Waals surface area contributed by atoms with Gasteiger partial charge >= 0.3 is 0 Å². The van der Waals surface area contributed by atoms with Gasteiger partial charge in [0.1, 0.15) is 5.76 Å². The van der Waals surface area contributed by atoms with Crippen molar-refractivity contribution in [3.8, 4) is 0 Å². The average molecular weight is 381 g/mol. The van der Waals surface area contributed by atoms with Crippen molar-refractivity contribution in [3.63, 3.8) is 0 Å². The Kier molecular flexibility index (Phi) is 5.08. The molecule has 2 aromatic heterocycles. The van der Waals surface area contributed by atoms with Gasteiger partial charge in [-0.15, -0.1) is 0 Å². The summed E-state index contributed by atoms with van der Waals surface area (Å²) < 4.78 is 11.1. The largest absolute Gasteiger partial charge is 0.380 e. The zero-order chi connectivity index (χ0) is 19.8. The van der Waals surface area contributed by atoms with Crippen molar-refractivity contribution in [2.24, 2.45) is 5.92 Å². The molecular weight excluding hydrogens is 354 g/mol. The van der Waals surface area contributed by atoms with Crippen LogP contribution >= 0.6 is 0 Å². The Morgan fingerprint density at radius 3 is 2.71 bits per heavy atom. The van der Waals surface area contributed by atoms with Crippen LogP contribution in [0.25, 0.3) is 10.9 Å². The zero-order valence-corrected chi connectivity index (χ0v) is 16.9. The van der Waals surface area contributed by atoms with E-state index in [9.17, 15) is 4.79 Å². The molecule has 6 nitrogen and oxygen atoms in total.